The number of anilines is 1. The summed E-state index contributed by atoms with van der Waals surface area (Å²) in [7, 11) is 0. The van der Waals surface area contributed by atoms with Crippen molar-refractivity contribution >= 4 is 22.2 Å². The fourth-order valence-corrected chi connectivity index (χ4v) is 2.20. The molecule has 4 heteroatoms. The van der Waals surface area contributed by atoms with Crippen LogP contribution in [0, 0.1) is 12.3 Å². The van der Waals surface area contributed by atoms with Crippen LogP contribution in [-0.4, -0.2) is 18.0 Å². The zero-order chi connectivity index (χ0) is 13.6. The smallest absolute Gasteiger partial charge is 0.255 e. The van der Waals surface area contributed by atoms with Gasteiger partial charge in [-0.25, -0.2) is 0 Å². The Morgan fingerprint density at radius 3 is 2.89 bits per heavy atom. The molecule has 1 aromatic heterocycles. The number of terminal acetylenes is 1. The lowest BCUT2D eigenvalue weighted by Crippen LogP contribution is -2.42. The highest BCUT2D eigenvalue weighted by molar-refractivity contribution is 7.14. The van der Waals surface area contributed by atoms with Crippen LogP contribution in [-0.2, 0) is 0 Å². The Labute approximate surface area is 113 Å². The molecule has 0 radical (unpaired) electrons. The van der Waals surface area contributed by atoms with Gasteiger partial charge < -0.3 is 10.6 Å². The van der Waals surface area contributed by atoms with E-state index in [9.17, 15) is 4.79 Å². The van der Waals surface area contributed by atoms with Gasteiger partial charge in [0.25, 0.3) is 5.91 Å². The third-order valence-corrected chi connectivity index (χ3v) is 3.38. The van der Waals surface area contributed by atoms with Gasteiger partial charge in [-0.2, -0.15) is 0 Å². The first kappa shape index (κ1) is 14.6. The molecule has 0 atom stereocenters. The summed E-state index contributed by atoms with van der Waals surface area (Å²) < 4.78 is 0. The van der Waals surface area contributed by atoms with E-state index >= 15 is 0 Å². The second-order valence-electron chi connectivity index (χ2n) is 4.67. The van der Waals surface area contributed by atoms with Crippen LogP contribution < -0.4 is 10.6 Å². The molecule has 2 N–H and O–H groups in total. The van der Waals surface area contributed by atoms with Crippen LogP contribution in [0.25, 0.3) is 0 Å². The van der Waals surface area contributed by atoms with Crippen molar-refractivity contribution in [1.82, 2.24) is 5.32 Å². The number of amides is 1. The second kappa shape index (κ2) is 6.46. The van der Waals surface area contributed by atoms with E-state index < -0.39 is 5.54 Å². The van der Waals surface area contributed by atoms with Crippen molar-refractivity contribution in [3.63, 3.8) is 0 Å². The van der Waals surface area contributed by atoms with E-state index in [1.807, 2.05) is 11.4 Å². The summed E-state index contributed by atoms with van der Waals surface area (Å²) in [6.07, 6.45) is 7.59. The normalized spacial score (nSPS) is 10.8. The first-order valence-corrected chi connectivity index (χ1v) is 6.99. The minimum atomic E-state index is -0.625. The quantitative estimate of drug-likeness (QED) is 0.612. The van der Waals surface area contributed by atoms with Gasteiger partial charge in [0.2, 0.25) is 0 Å². The van der Waals surface area contributed by atoms with Crippen LogP contribution in [0.15, 0.2) is 11.4 Å². The lowest BCUT2D eigenvalue weighted by Gasteiger charge is -2.19. The highest BCUT2D eigenvalue weighted by Crippen LogP contribution is 2.23. The number of thiophene rings is 1. The van der Waals surface area contributed by atoms with E-state index in [0.29, 0.717) is 5.56 Å². The average Bonchev–Trinajstić information content (AvgIpc) is 2.77. The summed E-state index contributed by atoms with van der Waals surface area (Å²) in [6, 6.07) is 1.82. The van der Waals surface area contributed by atoms with Gasteiger partial charge >= 0.3 is 0 Å². The molecule has 0 aliphatic rings. The molecule has 0 aliphatic heterocycles. The molecular formula is C14H20N2OS. The van der Waals surface area contributed by atoms with E-state index in [2.05, 4.69) is 23.5 Å². The molecule has 1 amide bonds. The number of unbranched alkanes of at least 4 members (excludes halogenated alkanes) is 1. The second-order valence-corrected chi connectivity index (χ2v) is 5.58. The van der Waals surface area contributed by atoms with E-state index in [4.69, 9.17) is 6.42 Å². The summed E-state index contributed by atoms with van der Waals surface area (Å²) in [5.41, 5.74) is 0.0408. The maximum atomic E-state index is 12.1. The maximum absolute atomic E-state index is 12.1. The van der Waals surface area contributed by atoms with Crippen molar-refractivity contribution < 1.29 is 4.79 Å². The topological polar surface area (TPSA) is 41.1 Å². The molecule has 0 spiro atoms. The molecule has 0 saturated carbocycles. The highest BCUT2D eigenvalue weighted by Gasteiger charge is 2.20. The molecule has 0 aromatic carbocycles. The zero-order valence-corrected chi connectivity index (χ0v) is 12.0. The highest BCUT2D eigenvalue weighted by atomic mass is 32.1. The number of hydrogen-bond acceptors (Lipinski definition) is 3. The summed E-state index contributed by atoms with van der Waals surface area (Å²) >= 11 is 1.54. The van der Waals surface area contributed by atoms with Gasteiger partial charge in [0.05, 0.1) is 11.1 Å². The lowest BCUT2D eigenvalue weighted by molar-refractivity contribution is 0.0931. The minimum absolute atomic E-state index is 0.127. The molecule has 0 fully saturated rings. The molecule has 1 aromatic rings. The van der Waals surface area contributed by atoms with Crippen LogP contribution in [0.5, 0.6) is 0 Å². The molecule has 18 heavy (non-hydrogen) atoms. The van der Waals surface area contributed by atoms with Gasteiger partial charge in [0, 0.05) is 6.54 Å². The van der Waals surface area contributed by atoms with Crippen molar-refractivity contribution in [2.45, 2.75) is 39.2 Å². The first-order valence-electron chi connectivity index (χ1n) is 6.12. The van der Waals surface area contributed by atoms with Crippen molar-refractivity contribution in [2.24, 2.45) is 0 Å². The molecule has 0 bridgehead atoms. The molecular weight excluding hydrogens is 244 g/mol. The molecule has 0 saturated heterocycles. The summed E-state index contributed by atoms with van der Waals surface area (Å²) in [4.78, 5) is 12.1. The molecule has 0 unspecified atom stereocenters. The van der Waals surface area contributed by atoms with Gasteiger partial charge in [-0.3, -0.25) is 4.79 Å². The Morgan fingerprint density at radius 1 is 1.56 bits per heavy atom. The Morgan fingerprint density at radius 2 is 2.28 bits per heavy atom. The Kier molecular flexibility index (Phi) is 5.24. The summed E-state index contributed by atoms with van der Waals surface area (Å²) in [6.45, 7) is 6.64. The lowest BCUT2D eigenvalue weighted by atomic mass is 10.1. The third kappa shape index (κ3) is 4.08. The molecule has 3 nitrogen and oxygen atoms in total. The first-order chi connectivity index (χ1) is 8.50. The third-order valence-electron chi connectivity index (χ3n) is 2.51. The number of carbonyl (C=O) groups excluding carboxylic acids is 1. The number of nitrogens with one attached hydrogen (secondary N) is 2. The van der Waals surface area contributed by atoms with Crippen molar-refractivity contribution in [2.75, 3.05) is 11.9 Å². The Bertz CT molecular complexity index is 443. The number of hydrogen-bond donors (Lipinski definition) is 2. The molecule has 0 aliphatic carbocycles. The largest absolute Gasteiger partial charge is 0.376 e. The molecule has 98 valence electrons. The predicted molar refractivity (Wildman–Crippen MR) is 78.1 cm³/mol. The van der Waals surface area contributed by atoms with E-state index in [0.717, 1.165) is 24.4 Å². The van der Waals surface area contributed by atoms with Gasteiger partial charge in [-0.1, -0.05) is 19.3 Å². The Balaban J connectivity index is 2.69. The van der Waals surface area contributed by atoms with Gasteiger partial charge in [-0.15, -0.1) is 17.8 Å². The van der Waals surface area contributed by atoms with Crippen molar-refractivity contribution in [1.29, 1.82) is 0 Å². The van der Waals surface area contributed by atoms with Crippen molar-refractivity contribution in [3.05, 3.63) is 17.0 Å². The maximum Gasteiger partial charge on any atom is 0.255 e. The summed E-state index contributed by atoms with van der Waals surface area (Å²) in [5.74, 6) is 2.43. The van der Waals surface area contributed by atoms with Gasteiger partial charge in [-0.05, 0) is 31.7 Å². The van der Waals surface area contributed by atoms with E-state index in [1.54, 1.807) is 13.8 Å². The van der Waals surface area contributed by atoms with E-state index in [1.165, 1.54) is 11.3 Å². The van der Waals surface area contributed by atoms with Gasteiger partial charge in [0.1, 0.15) is 5.00 Å². The fourth-order valence-electron chi connectivity index (χ4n) is 1.39. The number of rotatable bonds is 6. The average molecular weight is 264 g/mol. The van der Waals surface area contributed by atoms with Crippen LogP contribution >= 0.6 is 11.3 Å². The zero-order valence-electron chi connectivity index (χ0n) is 11.2. The standard InChI is InChI=1S/C14H20N2OS/c1-5-7-9-15-13-11(8-10-18-13)12(17)16-14(3,4)6-2/h2,8,10,15H,5,7,9H2,1,3-4H3,(H,16,17). The molecule has 1 heterocycles. The number of carbonyl (C=O) groups is 1. The molecule has 1 rings (SSSR count). The summed E-state index contributed by atoms with van der Waals surface area (Å²) in [5, 5.41) is 8.94. The van der Waals surface area contributed by atoms with Crippen LogP contribution in [0.1, 0.15) is 44.0 Å². The van der Waals surface area contributed by atoms with Gasteiger partial charge in [0.15, 0.2) is 0 Å². The fraction of sp³-hybridized carbons (Fsp3) is 0.500. The Hall–Kier alpha value is -1.47. The predicted octanol–water partition coefficient (Wildman–Crippen LogP) is 3.10. The van der Waals surface area contributed by atoms with Crippen LogP contribution in [0.4, 0.5) is 5.00 Å². The van der Waals surface area contributed by atoms with Crippen molar-refractivity contribution in [3.8, 4) is 12.3 Å². The SMILES string of the molecule is C#CC(C)(C)NC(=O)c1ccsc1NCCCC. The van der Waals surface area contributed by atoms with Crippen LogP contribution in [0.3, 0.4) is 0 Å². The monoisotopic (exact) mass is 264 g/mol. The van der Waals surface area contributed by atoms with E-state index in [-0.39, 0.29) is 5.91 Å². The van der Waals surface area contributed by atoms with Crippen LogP contribution in [0.2, 0.25) is 0 Å². The minimum Gasteiger partial charge on any atom is -0.376 e.